The van der Waals surface area contributed by atoms with Gasteiger partial charge in [-0.05, 0) is 61.0 Å². The van der Waals surface area contributed by atoms with Gasteiger partial charge in [0.15, 0.2) is 0 Å². The van der Waals surface area contributed by atoms with Crippen LogP contribution in [0.3, 0.4) is 0 Å². The molecule has 29 heavy (non-hydrogen) atoms. The van der Waals surface area contributed by atoms with Gasteiger partial charge in [0, 0.05) is 17.1 Å². The molecule has 0 spiro atoms. The highest BCUT2D eigenvalue weighted by Gasteiger charge is 2.18. The van der Waals surface area contributed by atoms with Gasteiger partial charge in [-0.1, -0.05) is 23.7 Å². The average molecular weight is 434 g/mol. The first-order valence-corrected chi connectivity index (χ1v) is 10.9. The van der Waals surface area contributed by atoms with Crippen molar-refractivity contribution in [3.05, 3.63) is 88.8 Å². The monoisotopic (exact) mass is 433 g/mol. The van der Waals surface area contributed by atoms with Gasteiger partial charge in [-0.25, -0.2) is 0 Å². The van der Waals surface area contributed by atoms with Crippen LogP contribution in [0, 0.1) is 0 Å². The number of amides is 1. The Balaban J connectivity index is 1.79. The molecule has 152 valence electrons. The zero-order chi connectivity index (χ0) is 20.9. The molecule has 0 aliphatic carbocycles. The second-order valence-electron chi connectivity index (χ2n) is 6.32. The molecule has 1 amide bonds. The fraction of sp³-hybridized carbons (Fsp3) is 0.190. The van der Waals surface area contributed by atoms with Crippen molar-refractivity contribution in [3.8, 4) is 5.75 Å². The third-order valence-corrected chi connectivity index (χ3v) is 5.58. The van der Waals surface area contributed by atoms with Crippen LogP contribution in [0.5, 0.6) is 5.75 Å². The zero-order valence-electron chi connectivity index (χ0n) is 15.7. The van der Waals surface area contributed by atoms with Gasteiger partial charge in [-0.15, -0.1) is 0 Å². The molecule has 0 atom stereocenters. The summed E-state index contributed by atoms with van der Waals surface area (Å²) in [5, 5.41) is 0.553. The minimum absolute atomic E-state index is 0.110. The Bertz CT molecular complexity index is 1050. The van der Waals surface area contributed by atoms with Crippen LogP contribution in [0.2, 0.25) is 5.02 Å². The Labute approximate surface area is 174 Å². The minimum atomic E-state index is -3.58. The van der Waals surface area contributed by atoms with Crippen molar-refractivity contribution in [2.24, 2.45) is 0 Å². The standard InChI is InChI=1S/C21H20ClNO5S/c1-2-29(25,26)28-19-11-5-16(6-12-19)14-23(15-20-4-3-13-27-20)21(24)17-7-9-18(22)10-8-17/h3-13H,2,14-15H2,1H3. The summed E-state index contributed by atoms with van der Waals surface area (Å²) in [5.74, 6) is 0.604. The topological polar surface area (TPSA) is 76.8 Å². The summed E-state index contributed by atoms with van der Waals surface area (Å²) in [5.41, 5.74) is 1.33. The molecular formula is C21H20ClNO5S. The highest BCUT2D eigenvalue weighted by Crippen LogP contribution is 2.19. The summed E-state index contributed by atoms with van der Waals surface area (Å²) in [6.07, 6.45) is 1.56. The number of furan rings is 1. The summed E-state index contributed by atoms with van der Waals surface area (Å²) in [6.45, 7) is 2.11. The lowest BCUT2D eigenvalue weighted by Crippen LogP contribution is -2.30. The Morgan fingerprint density at radius 3 is 2.31 bits per heavy atom. The first-order valence-electron chi connectivity index (χ1n) is 8.94. The molecule has 2 aromatic carbocycles. The smallest absolute Gasteiger partial charge is 0.308 e. The summed E-state index contributed by atoms with van der Waals surface area (Å²) < 4.78 is 33.5. The number of hydrogen-bond donors (Lipinski definition) is 0. The summed E-state index contributed by atoms with van der Waals surface area (Å²) in [7, 11) is -3.58. The largest absolute Gasteiger partial charge is 0.467 e. The average Bonchev–Trinajstić information content (AvgIpc) is 3.22. The molecule has 3 aromatic rings. The van der Waals surface area contributed by atoms with Gasteiger partial charge >= 0.3 is 10.1 Å². The van der Waals surface area contributed by atoms with Crippen molar-refractivity contribution in [1.82, 2.24) is 4.90 Å². The maximum absolute atomic E-state index is 13.0. The third kappa shape index (κ3) is 5.85. The fourth-order valence-electron chi connectivity index (χ4n) is 2.64. The molecule has 1 heterocycles. The highest BCUT2D eigenvalue weighted by atomic mass is 35.5. The van der Waals surface area contributed by atoms with Crippen LogP contribution < -0.4 is 4.18 Å². The van der Waals surface area contributed by atoms with Crippen LogP contribution in [0.1, 0.15) is 28.6 Å². The second-order valence-corrected chi connectivity index (χ2v) is 8.62. The van der Waals surface area contributed by atoms with E-state index in [9.17, 15) is 13.2 Å². The summed E-state index contributed by atoms with van der Waals surface area (Å²) in [6, 6.07) is 16.8. The lowest BCUT2D eigenvalue weighted by atomic mass is 10.1. The molecule has 0 fully saturated rings. The molecule has 0 saturated heterocycles. The van der Waals surface area contributed by atoms with Crippen LogP contribution >= 0.6 is 11.6 Å². The highest BCUT2D eigenvalue weighted by molar-refractivity contribution is 7.87. The number of hydrogen-bond acceptors (Lipinski definition) is 5. The molecule has 0 N–H and O–H groups in total. The van der Waals surface area contributed by atoms with Crippen molar-refractivity contribution in [1.29, 1.82) is 0 Å². The molecule has 0 bridgehead atoms. The summed E-state index contributed by atoms with van der Waals surface area (Å²) in [4.78, 5) is 14.7. The lowest BCUT2D eigenvalue weighted by molar-refractivity contribution is 0.0717. The van der Waals surface area contributed by atoms with Gasteiger partial charge in [0.1, 0.15) is 11.5 Å². The van der Waals surface area contributed by atoms with Crippen LogP contribution in [-0.4, -0.2) is 25.0 Å². The number of rotatable bonds is 8. The Morgan fingerprint density at radius 1 is 1.03 bits per heavy atom. The Kier molecular flexibility index (Phi) is 6.61. The summed E-state index contributed by atoms with van der Waals surface area (Å²) >= 11 is 5.92. The van der Waals surface area contributed by atoms with E-state index in [0.717, 1.165) is 5.56 Å². The molecular weight excluding hydrogens is 414 g/mol. The SMILES string of the molecule is CCS(=O)(=O)Oc1ccc(CN(Cc2ccco2)C(=O)c2ccc(Cl)cc2)cc1. The maximum Gasteiger partial charge on any atom is 0.308 e. The number of carbonyl (C=O) groups is 1. The van der Waals surface area contributed by atoms with Crippen molar-refractivity contribution >= 4 is 27.6 Å². The van der Waals surface area contributed by atoms with Crippen molar-refractivity contribution in [2.45, 2.75) is 20.0 Å². The molecule has 6 nitrogen and oxygen atoms in total. The normalized spacial score (nSPS) is 11.2. The molecule has 0 aliphatic heterocycles. The van der Waals surface area contributed by atoms with Gasteiger partial charge in [0.25, 0.3) is 5.91 Å². The minimum Gasteiger partial charge on any atom is -0.467 e. The van der Waals surface area contributed by atoms with Gasteiger partial charge < -0.3 is 13.5 Å². The van der Waals surface area contributed by atoms with Crippen molar-refractivity contribution in [2.75, 3.05) is 5.75 Å². The van der Waals surface area contributed by atoms with E-state index in [-0.39, 0.29) is 24.0 Å². The first-order chi connectivity index (χ1) is 13.9. The molecule has 0 saturated carbocycles. The Morgan fingerprint density at radius 2 is 1.72 bits per heavy atom. The molecule has 0 unspecified atom stereocenters. The molecule has 8 heteroatoms. The fourth-order valence-corrected chi connectivity index (χ4v) is 3.29. The van der Waals surface area contributed by atoms with Gasteiger partial charge in [-0.2, -0.15) is 8.42 Å². The number of halogens is 1. The molecule has 0 radical (unpaired) electrons. The quantitative estimate of drug-likeness (QED) is 0.488. The number of nitrogens with zero attached hydrogens (tertiary/aromatic N) is 1. The van der Waals surface area contributed by atoms with Crippen molar-refractivity contribution in [3.63, 3.8) is 0 Å². The third-order valence-electron chi connectivity index (χ3n) is 4.18. The van der Waals surface area contributed by atoms with Gasteiger partial charge in [0.05, 0.1) is 18.6 Å². The van der Waals surface area contributed by atoms with Gasteiger partial charge in [-0.3, -0.25) is 4.79 Å². The van der Waals surface area contributed by atoms with Crippen molar-refractivity contribution < 1.29 is 21.8 Å². The Hall–Kier alpha value is -2.77. The molecule has 3 rings (SSSR count). The zero-order valence-corrected chi connectivity index (χ0v) is 17.3. The van der Waals surface area contributed by atoms with E-state index in [1.807, 2.05) is 0 Å². The van der Waals surface area contributed by atoms with E-state index >= 15 is 0 Å². The predicted molar refractivity (Wildman–Crippen MR) is 110 cm³/mol. The van der Waals surface area contributed by atoms with E-state index in [0.29, 0.717) is 22.9 Å². The molecule has 0 aliphatic rings. The molecule has 1 aromatic heterocycles. The van der Waals surface area contributed by atoms with Crippen LogP contribution in [0.4, 0.5) is 0 Å². The van der Waals surface area contributed by atoms with Crippen LogP contribution in [-0.2, 0) is 23.2 Å². The van der Waals surface area contributed by atoms with E-state index in [4.69, 9.17) is 20.2 Å². The number of carbonyl (C=O) groups excluding carboxylic acids is 1. The van der Waals surface area contributed by atoms with E-state index in [1.165, 1.54) is 6.92 Å². The first kappa shape index (κ1) is 21.0. The van der Waals surface area contributed by atoms with E-state index in [1.54, 1.807) is 71.8 Å². The van der Waals surface area contributed by atoms with Crippen LogP contribution in [0.15, 0.2) is 71.3 Å². The van der Waals surface area contributed by atoms with E-state index < -0.39 is 10.1 Å². The van der Waals surface area contributed by atoms with Gasteiger partial charge in [0.2, 0.25) is 0 Å². The maximum atomic E-state index is 13.0. The second kappa shape index (κ2) is 9.15. The predicted octanol–water partition coefficient (Wildman–Crippen LogP) is 4.50. The lowest BCUT2D eigenvalue weighted by Gasteiger charge is -2.22. The van der Waals surface area contributed by atoms with E-state index in [2.05, 4.69) is 0 Å². The number of benzene rings is 2. The van der Waals surface area contributed by atoms with Crippen LogP contribution in [0.25, 0.3) is 0 Å².